The summed E-state index contributed by atoms with van der Waals surface area (Å²) in [6.45, 7) is 5.27. The lowest BCUT2D eigenvalue weighted by molar-refractivity contribution is 0.336. The molecule has 0 aromatic heterocycles. The third-order valence-corrected chi connectivity index (χ3v) is 5.01. The summed E-state index contributed by atoms with van der Waals surface area (Å²) in [4.78, 5) is 1.34. The third kappa shape index (κ3) is 5.94. The van der Waals surface area contributed by atoms with Crippen LogP contribution in [0.5, 0.6) is 0 Å². The average Bonchev–Trinajstić information content (AvgIpc) is 2.31. The smallest absolute Gasteiger partial charge is 0.0311 e. The van der Waals surface area contributed by atoms with Gasteiger partial charge in [0.25, 0.3) is 0 Å². The number of nitrogens with two attached hydrogens (primary N) is 1. The molecular weight excluding hydrogens is 294 g/mol. The van der Waals surface area contributed by atoms with Gasteiger partial charge >= 0.3 is 0 Å². The van der Waals surface area contributed by atoms with Crippen molar-refractivity contribution in [1.29, 1.82) is 0 Å². The molecule has 17 heavy (non-hydrogen) atoms. The van der Waals surface area contributed by atoms with Crippen molar-refractivity contribution < 1.29 is 0 Å². The molecular formula is C14H22BrNS. The Bertz CT molecular complexity index is 339. The summed E-state index contributed by atoms with van der Waals surface area (Å²) in [5.74, 6) is 1.18. The Morgan fingerprint density at radius 1 is 1.24 bits per heavy atom. The largest absolute Gasteiger partial charge is 0.330 e. The summed E-state index contributed by atoms with van der Waals surface area (Å²) in [6, 6.07) is 8.40. The van der Waals surface area contributed by atoms with Crippen LogP contribution in [0.25, 0.3) is 0 Å². The predicted octanol–water partition coefficient (Wildman–Crippen LogP) is 4.70. The predicted molar refractivity (Wildman–Crippen MR) is 81.6 cm³/mol. The number of thioether (sulfide) groups is 1. The first-order valence-electron chi connectivity index (χ1n) is 6.12. The number of benzene rings is 1. The Kier molecular flexibility index (Phi) is 6.60. The van der Waals surface area contributed by atoms with Crippen molar-refractivity contribution >= 4 is 27.7 Å². The van der Waals surface area contributed by atoms with Crippen LogP contribution in [-0.4, -0.2) is 12.3 Å². The molecule has 96 valence electrons. The van der Waals surface area contributed by atoms with Gasteiger partial charge in [-0.25, -0.2) is 0 Å². The maximum atomic E-state index is 5.72. The highest BCUT2D eigenvalue weighted by Gasteiger charge is 2.14. The highest BCUT2D eigenvalue weighted by molar-refractivity contribution is 9.10. The number of hydrogen-bond acceptors (Lipinski definition) is 2. The van der Waals surface area contributed by atoms with Crippen molar-refractivity contribution in [3.63, 3.8) is 0 Å². The zero-order valence-electron chi connectivity index (χ0n) is 10.7. The summed E-state index contributed by atoms with van der Waals surface area (Å²) in [5.41, 5.74) is 6.02. The fraction of sp³-hybridized carbons (Fsp3) is 0.571. The zero-order chi connectivity index (χ0) is 12.7. The van der Waals surface area contributed by atoms with E-state index in [1.165, 1.54) is 34.4 Å². The molecule has 0 unspecified atom stereocenters. The molecule has 0 bridgehead atoms. The second-order valence-electron chi connectivity index (χ2n) is 5.10. The van der Waals surface area contributed by atoms with Crippen LogP contribution >= 0.6 is 27.7 Å². The minimum atomic E-state index is 0.304. The van der Waals surface area contributed by atoms with Crippen LogP contribution < -0.4 is 5.73 Å². The van der Waals surface area contributed by atoms with Gasteiger partial charge in [0.05, 0.1) is 0 Å². The van der Waals surface area contributed by atoms with E-state index in [0.717, 1.165) is 6.54 Å². The van der Waals surface area contributed by atoms with E-state index in [4.69, 9.17) is 5.73 Å². The SMILES string of the molecule is CC(C)(CN)CCCCSc1ccccc1Br. The molecule has 3 heteroatoms. The molecule has 0 spiro atoms. The molecule has 0 heterocycles. The zero-order valence-corrected chi connectivity index (χ0v) is 13.1. The highest BCUT2D eigenvalue weighted by atomic mass is 79.9. The van der Waals surface area contributed by atoms with Crippen LogP contribution in [-0.2, 0) is 0 Å². The molecule has 0 amide bonds. The first-order chi connectivity index (χ1) is 8.05. The minimum absolute atomic E-state index is 0.304. The number of unbranched alkanes of at least 4 members (excludes halogenated alkanes) is 1. The Morgan fingerprint density at radius 3 is 2.59 bits per heavy atom. The number of halogens is 1. The Morgan fingerprint density at radius 2 is 1.94 bits per heavy atom. The van der Waals surface area contributed by atoms with Crippen molar-refractivity contribution in [2.45, 2.75) is 38.0 Å². The first kappa shape index (κ1) is 15.1. The quantitative estimate of drug-likeness (QED) is 0.583. The van der Waals surface area contributed by atoms with E-state index in [2.05, 4.69) is 54.0 Å². The monoisotopic (exact) mass is 315 g/mol. The van der Waals surface area contributed by atoms with Gasteiger partial charge in [0.15, 0.2) is 0 Å². The molecule has 0 radical (unpaired) electrons. The van der Waals surface area contributed by atoms with Crippen LogP contribution in [0.4, 0.5) is 0 Å². The average molecular weight is 316 g/mol. The second kappa shape index (κ2) is 7.45. The van der Waals surface area contributed by atoms with Gasteiger partial charge in [0, 0.05) is 9.37 Å². The summed E-state index contributed by atoms with van der Waals surface area (Å²) in [5, 5.41) is 0. The van der Waals surface area contributed by atoms with Crippen LogP contribution in [0.3, 0.4) is 0 Å². The molecule has 0 aliphatic heterocycles. The van der Waals surface area contributed by atoms with Gasteiger partial charge in [-0.3, -0.25) is 0 Å². The minimum Gasteiger partial charge on any atom is -0.330 e. The number of rotatable bonds is 7. The van der Waals surface area contributed by atoms with Crippen LogP contribution in [0.2, 0.25) is 0 Å². The molecule has 0 saturated heterocycles. The summed E-state index contributed by atoms with van der Waals surface area (Å²) < 4.78 is 1.20. The lowest BCUT2D eigenvalue weighted by Gasteiger charge is -2.21. The van der Waals surface area contributed by atoms with Crippen molar-refractivity contribution in [2.75, 3.05) is 12.3 Å². The third-order valence-electron chi connectivity index (χ3n) is 2.89. The first-order valence-corrected chi connectivity index (χ1v) is 7.90. The summed E-state index contributed by atoms with van der Waals surface area (Å²) >= 11 is 5.50. The molecule has 1 aromatic rings. The fourth-order valence-electron chi connectivity index (χ4n) is 1.55. The highest BCUT2D eigenvalue weighted by Crippen LogP contribution is 2.28. The van der Waals surface area contributed by atoms with Crippen LogP contribution in [0.15, 0.2) is 33.6 Å². The molecule has 0 saturated carbocycles. The summed E-state index contributed by atoms with van der Waals surface area (Å²) in [7, 11) is 0. The normalized spacial score (nSPS) is 11.8. The van der Waals surface area contributed by atoms with Crippen molar-refractivity contribution in [2.24, 2.45) is 11.1 Å². The maximum Gasteiger partial charge on any atom is 0.0311 e. The summed E-state index contributed by atoms with van der Waals surface area (Å²) in [6.07, 6.45) is 3.75. The van der Waals surface area contributed by atoms with Gasteiger partial charge in [-0.05, 0) is 58.6 Å². The van der Waals surface area contributed by atoms with Gasteiger partial charge in [-0.15, -0.1) is 11.8 Å². The molecule has 1 nitrogen and oxygen atoms in total. The van der Waals surface area contributed by atoms with E-state index in [1.807, 2.05) is 11.8 Å². The van der Waals surface area contributed by atoms with E-state index < -0.39 is 0 Å². The molecule has 1 rings (SSSR count). The molecule has 1 aromatic carbocycles. The Balaban J connectivity index is 2.19. The van der Waals surface area contributed by atoms with Crippen molar-refractivity contribution in [3.8, 4) is 0 Å². The fourth-order valence-corrected chi connectivity index (χ4v) is 3.13. The van der Waals surface area contributed by atoms with E-state index in [-0.39, 0.29) is 0 Å². The molecule has 0 aliphatic rings. The molecule has 0 fully saturated rings. The maximum absolute atomic E-state index is 5.72. The number of hydrogen-bond donors (Lipinski definition) is 1. The van der Waals surface area contributed by atoms with Gasteiger partial charge < -0.3 is 5.73 Å². The van der Waals surface area contributed by atoms with Gasteiger partial charge in [-0.2, -0.15) is 0 Å². The molecule has 0 aliphatic carbocycles. The molecule has 0 atom stereocenters. The standard InChI is InChI=1S/C14H22BrNS/c1-14(2,11-16)9-5-6-10-17-13-8-4-3-7-12(13)15/h3-4,7-8H,5-6,9-11,16H2,1-2H3. The second-order valence-corrected chi connectivity index (χ2v) is 7.10. The lowest BCUT2D eigenvalue weighted by Crippen LogP contribution is -2.23. The van der Waals surface area contributed by atoms with Gasteiger partial charge in [0.1, 0.15) is 0 Å². The van der Waals surface area contributed by atoms with Gasteiger partial charge in [-0.1, -0.05) is 32.4 Å². The van der Waals surface area contributed by atoms with E-state index >= 15 is 0 Å². The van der Waals surface area contributed by atoms with Crippen molar-refractivity contribution in [1.82, 2.24) is 0 Å². The molecule has 2 N–H and O–H groups in total. The van der Waals surface area contributed by atoms with Crippen LogP contribution in [0, 0.1) is 5.41 Å². The lowest BCUT2D eigenvalue weighted by atomic mass is 9.88. The topological polar surface area (TPSA) is 26.0 Å². The Labute approximate surface area is 118 Å². The van der Waals surface area contributed by atoms with Crippen LogP contribution in [0.1, 0.15) is 33.1 Å². The van der Waals surface area contributed by atoms with Gasteiger partial charge in [0.2, 0.25) is 0 Å². The van der Waals surface area contributed by atoms with E-state index in [1.54, 1.807) is 0 Å². The van der Waals surface area contributed by atoms with E-state index in [9.17, 15) is 0 Å². The van der Waals surface area contributed by atoms with E-state index in [0.29, 0.717) is 5.41 Å². The Hall–Kier alpha value is 0.01000. The van der Waals surface area contributed by atoms with Crippen molar-refractivity contribution in [3.05, 3.63) is 28.7 Å².